The van der Waals surface area contributed by atoms with E-state index in [4.69, 9.17) is 52.6 Å². The summed E-state index contributed by atoms with van der Waals surface area (Å²) in [5.41, 5.74) is 4.92. The average molecular weight is 926 g/mol. The van der Waals surface area contributed by atoms with Crippen molar-refractivity contribution in [3.8, 4) is 33.4 Å². The van der Waals surface area contributed by atoms with Crippen LogP contribution in [0.5, 0.6) is 33.4 Å². The number of carbonyl (C=O) groups is 2. The van der Waals surface area contributed by atoms with E-state index >= 15 is 0 Å². The van der Waals surface area contributed by atoms with Crippen LogP contribution in [0.2, 0.25) is 10.0 Å². The third kappa shape index (κ3) is 20.0. The Morgan fingerprint density at radius 2 is 1.28 bits per heavy atom. The van der Waals surface area contributed by atoms with Crippen molar-refractivity contribution < 1.29 is 42.7 Å². The molecule has 2 atom stereocenters. The zero-order valence-corrected chi connectivity index (χ0v) is 37.8. The van der Waals surface area contributed by atoms with E-state index in [1.807, 2.05) is 56.4 Å². The van der Waals surface area contributed by atoms with E-state index in [1.165, 1.54) is 75.4 Å². The summed E-state index contributed by atoms with van der Waals surface area (Å²) in [5.74, 6) is 4.02. The maximum atomic E-state index is 11.2. The normalized spacial score (nSPS) is 15.3. The number of rotatable bonds is 15. The van der Waals surface area contributed by atoms with Crippen molar-refractivity contribution in [2.24, 2.45) is 17.6 Å². The number of hydrogen-bond donors (Lipinski definition) is 2. The first-order chi connectivity index (χ1) is 28.9. The van der Waals surface area contributed by atoms with Crippen LogP contribution in [-0.2, 0) is 14.2 Å². The second-order valence-electron chi connectivity index (χ2n) is 13.7. The number of carbonyl (C=O) groups excluding carboxylic acids is 2. The minimum absolute atomic E-state index is 0.0131. The highest BCUT2D eigenvalue weighted by Gasteiger charge is 2.23. The number of alkyl carbamates (subject to hydrolysis) is 1. The number of aromatic nitrogens is 2. The molecule has 1 aliphatic heterocycles. The molecule has 2 saturated carbocycles. The molecular weight excluding hydrogens is 875 g/mol. The van der Waals surface area contributed by atoms with Gasteiger partial charge in [-0.15, -0.1) is 0 Å². The molecule has 4 aromatic rings. The number of amides is 1. The number of thiazole rings is 2. The van der Waals surface area contributed by atoms with E-state index in [2.05, 4.69) is 36.4 Å². The van der Waals surface area contributed by atoms with Gasteiger partial charge in [0.1, 0.15) is 23.0 Å². The van der Waals surface area contributed by atoms with Gasteiger partial charge in [0.2, 0.25) is 0 Å². The van der Waals surface area contributed by atoms with Crippen LogP contribution in [0.4, 0.5) is 9.59 Å². The third-order valence-electron chi connectivity index (χ3n) is 8.20. The molecule has 0 bridgehead atoms. The van der Waals surface area contributed by atoms with Gasteiger partial charge in [0.15, 0.2) is 0 Å². The first-order valence-electron chi connectivity index (χ1n) is 19.3. The van der Waals surface area contributed by atoms with E-state index in [-0.39, 0.29) is 12.1 Å². The fourth-order valence-corrected chi connectivity index (χ4v) is 6.37. The second kappa shape index (κ2) is 26.3. The summed E-state index contributed by atoms with van der Waals surface area (Å²) < 4.78 is 36.3. The Morgan fingerprint density at radius 1 is 0.817 bits per heavy atom. The second-order valence-corrected chi connectivity index (χ2v) is 16.9. The number of methoxy groups -OCH3 is 2. The summed E-state index contributed by atoms with van der Waals surface area (Å²) in [6.45, 7) is 7.26. The zero-order valence-electron chi connectivity index (χ0n) is 33.9. The van der Waals surface area contributed by atoms with E-state index in [1.54, 1.807) is 30.6 Å². The van der Waals surface area contributed by atoms with E-state index in [0.29, 0.717) is 43.8 Å². The summed E-state index contributed by atoms with van der Waals surface area (Å²) >= 11 is 20.0. The Hall–Kier alpha value is -4.09. The lowest BCUT2D eigenvalue weighted by Gasteiger charge is -2.08. The van der Waals surface area contributed by atoms with Crippen LogP contribution in [0.3, 0.4) is 0 Å². The molecule has 326 valence electrons. The molecule has 18 heteroatoms. The Kier molecular flexibility index (Phi) is 21.3. The molecule has 3 fully saturated rings. The Bertz CT molecular complexity index is 1980. The van der Waals surface area contributed by atoms with Gasteiger partial charge >= 0.3 is 11.5 Å². The molecule has 2 aromatic carbocycles. The first-order valence-corrected chi connectivity index (χ1v) is 22.1. The molecule has 1 amide bonds. The quantitative estimate of drug-likeness (QED) is 0.109. The zero-order chi connectivity index (χ0) is 43.3. The molecule has 7 rings (SSSR count). The predicted molar refractivity (Wildman–Crippen MR) is 239 cm³/mol. The molecule has 0 unspecified atom stereocenters. The molecular formula is C42H51Cl3N4O9S2. The summed E-state index contributed by atoms with van der Waals surface area (Å²) in [4.78, 5) is 30.9. The smallest absolute Gasteiger partial charge is 0.407 e. The Balaban J connectivity index is 0.000000216. The number of ether oxygens (including phenoxy) is 7. The molecule has 2 aromatic heterocycles. The highest BCUT2D eigenvalue weighted by molar-refractivity contribution is 7.14. The van der Waals surface area contributed by atoms with E-state index in [0.717, 1.165) is 47.7 Å². The number of hydrogen-bond acceptors (Lipinski definition) is 14. The van der Waals surface area contributed by atoms with Crippen molar-refractivity contribution in [2.45, 2.75) is 64.5 Å². The lowest BCUT2D eigenvalue weighted by atomic mass is 10.3. The fraction of sp³-hybridized carbons (Fsp3) is 0.429. The van der Waals surface area contributed by atoms with Gasteiger partial charge in [-0.25, -0.2) is 19.6 Å². The van der Waals surface area contributed by atoms with Gasteiger partial charge in [-0.1, -0.05) is 58.0 Å². The van der Waals surface area contributed by atoms with Crippen LogP contribution in [0, 0.1) is 11.8 Å². The molecule has 1 saturated heterocycles. The number of nitrogens with zero attached hydrogens (tertiary/aromatic N) is 2. The van der Waals surface area contributed by atoms with Crippen molar-refractivity contribution in [1.82, 2.24) is 15.3 Å². The number of nitrogens with one attached hydrogen (secondary N) is 1. The molecule has 13 nitrogen and oxygen atoms in total. The summed E-state index contributed by atoms with van der Waals surface area (Å²) in [6, 6.07) is 10.7. The SMILES string of the molecule is C1CCOC1.COC(=O)Cl.COC(=O)N[C@@H](C)/C=C/c1cnc(Oc2ccc(OCC3CC3)cc2Cl)s1.C[C@H](N)/C=C/c1cnc(Oc2ccc(OCC3CC3)cc2Cl)s1. The van der Waals surface area contributed by atoms with Crippen molar-refractivity contribution in [3.63, 3.8) is 0 Å². The van der Waals surface area contributed by atoms with E-state index in [9.17, 15) is 9.59 Å². The molecule has 0 spiro atoms. The van der Waals surface area contributed by atoms with Gasteiger partial charge in [-0.05, 0) is 101 Å². The third-order valence-corrected chi connectivity index (χ3v) is 10.6. The molecule has 60 heavy (non-hydrogen) atoms. The monoisotopic (exact) mass is 924 g/mol. The number of benzene rings is 2. The topological polar surface area (TPSA) is 163 Å². The van der Waals surface area contributed by atoms with Crippen LogP contribution in [0.1, 0.15) is 62.1 Å². The fourth-order valence-electron chi connectivity index (χ4n) is 4.57. The van der Waals surface area contributed by atoms with Crippen LogP contribution in [0.15, 0.2) is 60.9 Å². The van der Waals surface area contributed by atoms with Crippen molar-refractivity contribution >= 4 is 81.2 Å². The van der Waals surface area contributed by atoms with Crippen LogP contribution < -0.4 is 30.0 Å². The highest BCUT2D eigenvalue weighted by Crippen LogP contribution is 2.37. The number of nitrogens with two attached hydrogens (primary N) is 1. The molecule has 0 radical (unpaired) electrons. The van der Waals surface area contributed by atoms with Crippen LogP contribution in [-0.4, -0.2) is 74.2 Å². The molecule has 3 heterocycles. The molecule has 2 aliphatic carbocycles. The van der Waals surface area contributed by atoms with Crippen molar-refractivity contribution in [1.29, 1.82) is 0 Å². The molecule has 3 aliphatic rings. The summed E-state index contributed by atoms with van der Waals surface area (Å²) in [5, 5.41) is 4.68. The largest absolute Gasteiger partial charge is 0.493 e. The van der Waals surface area contributed by atoms with Crippen molar-refractivity contribution in [2.75, 3.05) is 40.6 Å². The minimum atomic E-state index is -0.773. The summed E-state index contributed by atoms with van der Waals surface area (Å²) in [6.07, 6.45) is 18.1. The summed E-state index contributed by atoms with van der Waals surface area (Å²) in [7, 11) is 2.55. The van der Waals surface area contributed by atoms with Gasteiger partial charge in [0, 0.05) is 61.4 Å². The van der Waals surface area contributed by atoms with Crippen LogP contribution >= 0.6 is 57.5 Å². The van der Waals surface area contributed by atoms with Gasteiger partial charge in [-0.3, -0.25) is 0 Å². The maximum Gasteiger partial charge on any atom is 0.407 e. The Morgan fingerprint density at radius 3 is 1.65 bits per heavy atom. The number of halogens is 3. The minimum Gasteiger partial charge on any atom is -0.493 e. The standard InChI is InChI=1S/C19H21ClN2O4S.C17H19ClN2O2S.C4H8O.C2H3ClO2/c1-12(22-18(23)24-2)3-7-15-10-21-19(27-15)26-17-8-6-14(9-16(17)20)25-11-13-4-5-13;1-11(19)2-6-14-9-20-17(23-14)22-16-7-5-13(8-15(16)18)21-10-12-3-4-12;1-2-4-5-3-1;1-5-2(3)4/h3,6-10,12-13H,4-5,11H2,1-2H3,(H,22,23);2,5-9,11-12H,3-4,10,19H2,1H3;1-4H2;1H3/b7-3+;6-2+;;/t12-;11-;;/m00../s1. The predicted octanol–water partition coefficient (Wildman–Crippen LogP) is 11.7. The van der Waals surface area contributed by atoms with Gasteiger partial charge < -0.3 is 44.2 Å². The van der Waals surface area contributed by atoms with Crippen LogP contribution in [0.25, 0.3) is 12.2 Å². The van der Waals surface area contributed by atoms with Gasteiger partial charge in [0.25, 0.3) is 10.4 Å². The van der Waals surface area contributed by atoms with Crippen molar-refractivity contribution in [3.05, 3.63) is 80.7 Å². The lowest BCUT2D eigenvalue weighted by molar-refractivity contribution is 0.169. The van der Waals surface area contributed by atoms with Gasteiger partial charge in [0.05, 0.1) is 47.2 Å². The average Bonchev–Trinajstić information content (AvgIpc) is 4.05. The Labute approximate surface area is 374 Å². The maximum absolute atomic E-state index is 11.2. The lowest BCUT2D eigenvalue weighted by Crippen LogP contribution is -2.30. The highest BCUT2D eigenvalue weighted by atomic mass is 35.5. The first kappa shape index (κ1) is 48.6. The van der Waals surface area contributed by atoms with E-state index < -0.39 is 11.5 Å². The molecule has 3 N–H and O–H groups in total. The van der Waals surface area contributed by atoms with Gasteiger partial charge in [-0.2, -0.15) is 0 Å².